The van der Waals surface area contributed by atoms with Gasteiger partial charge in [-0.15, -0.1) is 12.6 Å². The van der Waals surface area contributed by atoms with Gasteiger partial charge in [-0.2, -0.15) is 22.0 Å². The van der Waals surface area contributed by atoms with Crippen LogP contribution in [-0.2, 0) is 14.5 Å². The highest BCUT2D eigenvalue weighted by atomic mass is 32.2. The second-order valence-electron chi connectivity index (χ2n) is 3.85. The third-order valence-electron chi connectivity index (χ3n) is 2.10. The lowest BCUT2D eigenvalue weighted by atomic mass is 10.2. The Labute approximate surface area is 112 Å². The maximum atomic E-state index is 13.2. The SMILES string of the molecule is O=S(=O)(OC(F)(F)CCCC(F)(F)F)[n+]1ccccc1. The second kappa shape index (κ2) is 6.00. The lowest BCUT2D eigenvalue weighted by Crippen LogP contribution is -2.46. The maximum Gasteiger partial charge on any atom is 0.519 e. The van der Waals surface area contributed by atoms with Gasteiger partial charge in [-0.25, -0.2) is 0 Å². The molecule has 0 aliphatic rings. The van der Waals surface area contributed by atoms with Crippen molar-refractivity contribution in [3.8, 4) is 0 Å². The molecule has 0 amide bonds. The molecule has 1 aromatic rings. The molecular weight excluding hydrogens is 309 g/mol. The number of pyridine rings is 1. The fourth-order valence-corrected chi connectivity index (χ4v) is 2.18. The molecular formula is C10H11F5NO3S+. The molecule has 0 aliphatic heterocycles. The molecule has 0 aromatic carbocycles. The molecule has 1 rings (SSSR count). The molecule has 0 saturated heterocycles. The minimum Gasteiger partial charge on any atom is -0.175 e. The Hall–Kier alpha value is -1.29. The first-order valence-corrected chi connectivity index (χ1v) is 6.75. The molecule has 0 bridgehead atoms. The normalized spacial score (nSPS) is 13.4. The lowest BCUT2D eigenvalue weighted by Gasteiger charge is -2.14. The molecule has 0 aliphatic carbocycles. The van der Waals surface area contributed by atoms with E-state index in [1.165, 1.54) is 18.2 Å². The van der Waals surface area contributed by atoms with Gasteiger partial charge in [-0.05, 0) is 6.42 Å². The Bertz CT molecular complexity index is 530. The van der Waals surface area contributed by atoms with Crippen molar-refractivity contribution in [2.45, 2.75) is 31.5 Å². The van der Waals surface area contributed by atoms with E-state index in [0.717, 1.165) is 12.4 Å². The Balaban J connectivity index is 2.66. The van der Waals surface area contributed by atoms with Crippen molar-refractivity contribution in [1.29, 1.82) is 0 Å². The van der Waals surface area contributed by atoms with E-state index in [9.17, 15) is 30.4 Å². The van der Waals surface area contributed by atoms with Crippen LogP contribution in [0.15, 0.2) is 30.6 Å². The highest BCUT2D eigenvalue weighted by molar-refractivity contribution is 7.80. The summed E-state index contributed by atoms with van der Waals surface area (Å²) in [6.45, 7) is 0. The van der Waals surface area contributed by atoms with Gasteiger partial charge in [-0.1, -0.05) is 10.0 Å². The third-order valence-corrected chi connectivity index (χ3v) is 3.32. The van der Waals surface area contributed by atoms with Crippen molar-refractivity contribution in [3.05, 3.63) is 30.6 Å². The second-order valence-corrected chi connectivity index (χ2v) is 5.30. The predicted octanol–water partition coefficient (Wildman–Crippen LogP) is 2.41. The predicted molar refractivity (Wildman–Crippen MR) is 56.9 cm³/mol. The first-order valence-electron chi connectivity index (χ1n) is 5.39. The number of hydrogen-bond acceptors (Lipinski definition) is 3. The fourth-order valence-electron chi connectivity index (χ4n) is 1.27. The van der Waals surface area contributed by atoms with Crippen LogP contribution in [0.1, 0.15) is 19.3 Å². The Morgan fingerprint density at radius 1 is 0.950 bits per heavy atom. The molecule has 10 heteroatoms. The molecule has 0 atom stereocenters. The van der Waals surface area contributed by atoms with Crippen LogP contribution in [0.3, 0.4) is 0 Å². The summed E-state index contributed by atoms with van der Waals surface area (Å²) in [5.74, 6) is 0. The lowest BCUT2D eigenvalue weighted by molar-refractivity contribution is -0.524. The summed E-state index contributed by atoms with van der Waals surface area (Å²) in [6, 6.07) is 3.99. The average Bonchev–Trinajstić information content (AvgIpc) is 2.26. The van der Waals surface area contributed by atoms with Crippen molar-refractivity contribution >= 4 is 10.3 Å². The Morgan fingerprint density at radius 2 is 1.50 bits per heavy atom. The number of halogens is 5. The first-order chi connectivity index (χ1) is 9.02. The number of aromatic nitrogens is 1. The molecule has 1 heterocycles. The monoisotopic (exact) mass is 320 g/mol. The number of nitrogens with zero attached hydrogens (tertiary/aromatic N) is 1. The van der Waals surface area contributed by atoms with E-state index in [1.54, 1.807) is 0 Å². The van der Waals surface area contributed by atoms with Gasteiger partial charge < -0.3 is 0 Å². The van der Waals surface area contributed by atoms with Crippen LogP contribution in [0.4, 0.5) is 22.0 Å². The van der Waals surface area contributed by atoms with Gasteiger partial charge in [0.2, 0.25) is 0 Å². The molecule has 4 nitrogen and oxygen atoms in total. The summed E-state index contributed by atoms with van der Waals surface area (Å²) < 4.78 is 88.8. The van der Waals surface area contributed by atoms with Crippen molar-refractivity contribution in [3.63, 3.8) is 0 Å². The minimum absolute atomic E-state index is 0.394. The third kappa shape index (κ3) is 5.78. The van der Waals surface area contributed by atoms with E-state index >= 15 is 0 Å². The van der Waals surface area contributed by atoms with Crippen LogP contribution in [0.5, 0.6) is 0 Å². The van der Waals surface area contributed by atoms with Crippen molar-refractivity contribution in [2.75, 3.05) is 0 Å². The van der Waals surface area contributed by atoms with E-state index < -0.39 is 41.9 Å². The van der Waals surface area contributed by atoms with Gasteiger partial charge in [0.25, 0.3) is 0 Å². The molecule has 1 aromatic heterocycles. The molecule has 0 radical (unpaired) electrons. The molecule has 0 spiro atoms. The van der Waals surface area contributed by atoms with E-state index in [0.29, 0.717) is 3.97 Å². The van der Waals surface area contributed by atoms with Gasteiger partial charge in [0.15, 0.2) is 12.4 Å². The number of hydrogen-bond donors (Lipinski definition) is 0. The van der Waals surface area contributed by atoms with E-state index in [-0.39, 0.29) is 0 Å². The fraction of sp³-hybridized carbons (Fsp3) is 0.500. The average molecular weight is 320 g/mol. The minimum atomic E-state index is -4.80. The number of alkyl halides is 5. The highest BCUT2D eigenvalue weighted by Gasteiger charge is 2.41. The van der Waals surface area contributed by atoms with Crippen LogP contribution in [0.25, 0.3) is 0 Å². The summed E-state index contributed by atoms with van der Waals surface area (Å²) in [4.78, 5) is 0. The van der Waals surface area contributed by atoms with Gasteiger partial charge in [0.05, 0.1) is 0 Å². The zero-order valence-electron chi connectivity index (χ0n) is 9.98. The van der Waals surface area contributed by atoms with Crippen LogP contribution >= 0.6 is 0 Å². The van der Waals surface area contributed by atoms with Crippen LogP contribution in [-0.4, -0.2) is 20.7 Å². The topological polar surface area (TPSA) is 47.3 Å². The molecule has 20 heavy (non-hydrogen) atoms. The van der Waals surface area contributed by atoms with Gasteiger partial charge >= 0.3 is 22.6 Å². The highest BCUT2D eigenvalue weighted by Crippen LogP contribution is 2.29. The summed E-state index contributed by atoms with van der Waals surface area (Å²) >= 11 is 0. The summed E-state index contributed by atoms with van der Waals surface area (Å²) in [5, 5.41) is 0. The van der Waals surface area contributed by atoms with Gasteiger partial charge in [0.1, 0.15) is 0 Å². The van der Waals surface area contributed by atoms with Gasteiger partial charge in [0, 0.05) is 25.0 Å². The molecule has 0 N–H and O–H groups in total. The smallest absolute Gasteiger partial charge is 0.175 e. The maximum absolute atomic E-state index is 13.2. The first kappa shape index (κ1) is 16.8. The van der Waals surface area contributed by atoms with Crippen molar-refractivity contribution in [1.82, 2.24) is 0 Å². The number of rotatable bonds is 6. The standard InChI is InChI=1S/C10H11F5NO3S/c11-9(12,13)5-4-6-10(14,15)19-20(17,18)16-7-2-1-3-8-16/h1-3,7-8H,4-6H2/q+1. The van der Waals surface area contributed by atoms with Crippen molar-refractivity contribution in [2.24, 2.45) is 0 Å². The summed E-state index contributed by atoms with van der Waals surface area (Å²) in [7, 11) is -4.80. The molecule has 0 saturated carbocycles. The summed E-state index contributed by atoms with van der Waals surface area (Å²) in [5.41, 5.74) is 0. The Kier molecular flexibility index (Phi) is 5.03. The zero-order valence-corrected chi connectivity index (χ0v) is 10.8. The van der Waals surface area contributed by atoms with Crippen LogP contribution in [0, 0.1) is 0 Å². The van der Waals surface area contributed by atoms with Crippen LogP contribution < -0.4 is 3.97 Å². The zero-order chi connectivity index (χ0) is 15.4. The van der Waals surface area contributed by atoms with Crippen LogP contribution in [0.2, 0.25) is 0 Å². The largest absolute Gasteiger partial charge is 0.519 e. The van der Waals surface area contributed by atoms with E-state index in [2.05, 4.69) is 4.18 Å². The quantitative estimate of drug-likeness (QED) is 0.597. The molecule has 0 unspecified atom stereocenters. The molecule has 0 fully saturated rings. The van der Waals surface area contributed by atoms with Gasteiger partial charge in [-0.3, -0.25) is 0 Å². The van der Waals surface area contributed by atoms with Crippen molar-refractivity contribution < 1.29 is 38.5 Å². The summed E-state index contributed by atoms with van der Waals surface area (Å²) in [6.07, 6.45) is -10.6. The molecule has 114 valence electrons. The Morgan fingerprint density at radius 3 is 2.00 bits per heavy atom. The van der Waals surface area contributed by atoms with E-state index in [1.807, 2.05) is 0 Å². The van der Waals surface area contributed by atoms with E-state index in [4.69, 9.17) is 0 Å².